The van der Waals surface area contributed by atoms with Crippen LogP contribution in [0.2, 0.25) is 0 Å². The summed E-state index contributed by atoms with van der Waals surface area (Å²) >= 11 is 4.82. The first kappa shape index (κ1) is 9.40. The smallest absolute Gasteiger partial charge is 0.122 e. The van der Waals surface area contributed by atoms with Crippen molar-refractivity contribution in [3.63, 3.8) is 0 Å². The SMILES string of the molecule is CC1(Nc2ccc(C(N)=S)nc2)CC1. The minimum Gasteiger partial charge on any atom is -0.388 e. The van der Waals surface area contributed by atoms with Crippen molar-refractivity contribution in [2.75, 3.05) is 5.32 Å². The molecule has 1 aliphatic carbocycles. The van der Waals surface area contributed by atoms with Crippen LogP contribution in [0.15, 0.2) is 18.3 Å². The van der Waals surface area contributed by atoms with Crippen LogP contribution >= 0.6 is 12.2 Å². The predicted molar refractivity (Wildman–Crippen MR) is 61.4 cm³/mol. The summed E-state index contributed by atoms with van der Waals surface area (Å²) < 4.78 is 0. The Bertz CT molecular complexity index is 354. The zero-order valence-corrected chi connectivity index (χ0v) is 8.90. The Labute approximate surface area is 88.7 Å². The van der Waals surface area contributed by atoms with Crippen molar-refractivity contribution < 1.29 is 0 Å². The van der Waals surface area contributed by atoms with Gasteiger partial charge in [-0.1, -0.05) is 12.2 Å². The molecule has 1 aliphatic rings. The van der Waals surface area contributed by atoms with Gasteiger partial charge in [0.1, 0.15) is 4.99 Å². The minimum atomic E-state index is 0.284. The largest absolute Gasteiger partial charge is 0.388 e. The van der Waals surface area contributed by atoms with Gasteiger partial charge in [-0.25, -0.2) is 0 Å². The van der Waals surface area contributed by atoms with Gasteiger partial charge < -0.3 is 11.1 Å². The molecule has 1 fully saturated rings. The summed E-state index contributed by atoms with van der Waals surface area (Å²) in [5, 5.41) is 3.41. The van der Waals surface area contributed by atoms with Crippen LogP contribution in [-0.2, 0) is 0 Å². The van der Waals surface area contributed by atoms with Gasteiger partial charge in [0.25, 0.3) is 0 Å². The minimum absolute atomic E-state index is 0.284. The molecule has 3 nitrogen and oxygen atoms in total. The van der Waals surface area contributed by atoms with Crippen LogP contribution in [0.5, 0.6) is 0 Å². The lowest BCUT2D eigenvalue weighted by Gasteiger charge is -2.12. The van der Waals surface area contributed by atoms with E-state index in [1.165, 1.54) is 12.8 Å². The normalized spacial score (nSPS) is 17.5. The molecule has 0 unspecified atom stereocenters. The molecular formula is C10H13N3S. The van der Waals surface area contributed by atoms with Crippen LogP contribution in [0.3, 0.4) is 0 Å². The highest BCUT2D eigenvalue weighted by Crippen LogP contribution is 2.37. The van der Waals surface area contributed by atoms with Gasteiger partial charge in [-0.3, -0.25) is 4.98 Å². The van der Waals surface area contributed by atoms with Gasteiger partial charge in [0.2, 0.25) is 0 Å². The molecule has 0 spiro atoms. The van der Waals surface area contributed by atoms with Crippen LogP contribution in [0.1, 0.15) is 25.5 Å². The zero-order valence-electron chi connectivity index (χ0n) is 8.08. The molecule has 1 aromatic heterocycles. The van der Waals surface area contributed by atoms with E-state index in [4.69, 9.17) is 18.0 Å². The highest BCUT2D eigenvalue weighted by molar-refractivity contribution is 7.80. The topological polar surface area (TPSA) is 50.9 Å². The number of nitrogens with one attached hydrogen (secondary N) is 1. The number of hydrogen-bond donors (Lipinski definition) is 2. The van der Waals surface area contributed by atoms with Crippen LogP contribution in [0.4, 0.5) is 5.69 Å². The van der Waals surface area contributed by atoms with Crippen LogP contribution in [0, 0.1) is 0 Å². The highest BCUT2D eigenvalue weighted by Gasteiger charge is 2.36. The Morgan fingerprint density at radius 2 is 2.29 bits per heavy atom. The van der Waals surface area contributed by atoms with Crippen molar-refractivity contribution in [1.29, 1.82) is 0 Å². The van der Waals surface area contributed by atoms with Gasteiger partial charge in [-0.15, -0.1) is 0 Å². The van der Waals surface area contributed by atoms with Gasteiger partial charge >= 0.3 is 0 Å². The number of hydrogen-bond acceptors (Lipinski definition) is 3. The van der Waals surface area contributed by atoms with Crippen molar-refractivity contribution in [1.82, 2.24) is 4.98 Å². The Morgan fingerprint density at radius 1 is 1.57 bits per heavy atom. The standard InChI is InChI=1S/C10H13N3S/c1-10(4-5-10)13-7-2-3-8(9(11)14)12-6-7/h2-3,6,13H,4-5H2,1H3,(H2,11,14). The van der Waals surface area contributed by atoms with E-state index in [0.29, 0.717) is 10.7 Å². The summed E-state index contributed by atoms with van der Waals surface area (Å²) in [6.45, 7) is 2.20. The van der Waals surface area contributed by atoms with E-state index in [-0.39, 0.29) is 5.54 Å². The number of pyridine rings is 1. The summed E-state index contributed by atoms with van der Waals surface area (Å²) in [6.07, 6.45) is 4.23. The van der Waals surface area contributed by atoms with E-state index >= 15 is 0 Å². The number of thiocarbonyl (C=S) groups is 1. The average Bonchev–Trinajstić information content (AvgIpc) is 2.84. The number of nitrogens with zero attached hydrogens (tertiary/aromatic N) is 1. The summed E-state index contributed by atoms with van der Waals surface area (Å²) in [5.41, 5.74) is 7.44. The molecular weight excluding hydrogens is 194 g/mol. The quantitative estimate of drug-likeness (QED) is 0.740. The molecule has 74 valence electrons. The zero-order chi connectivity index (χ0) is 10.2. The van der Waals surface area contributed by atoms with E-state index in [2.05, 4.69) is 17.2 Å². The number of rotatable bonds is 3. The third-order valence-electron chi connectivity index (χ3n) is 2.46. The van der Waals surface area contributed by atoms with Gasteiger partial charge in [-0.2, -0.15) is 0 Å². The molecule has 0 atom stereocenters. The van der Waals surface area contributed by atoms with E-state index in [1.54, 1.807) is 6.20 Å². The number of aromatic nitrogens is 1. The lowest BCUT2D eigenvalue weighted by atomic mass is 10.3. The van der Waals surface area contributed by atoms with Crippen molar-refractivity contribution in [3.05, 3.63) is 24.0 Å². The summed E-state index contributed by atoms with van der Waals surface area (Å²) in [5.74, 6) is 0. The van der Waals surface area contributed by atoms with Crippen molar-refractivity contribution in [2.24, 2.45) is 5.73 Å². The summed E-state index contributed by atoms with van der Waals surface area (Å²) in [6, 6.07) is 3.81. The maximum Gasteiger partial charge on any atom is 0.122 e. The monoisotopic (exact) mass is 207 g/mol. The first-order chi connectivity index (χ1) is 6.59. The molecule has 14 heavy (non-hydrogen) atoms. The Morgan fingerprint density at radius 3 is 2.71 bits per heavy atom. The second-order valence-electron chi connectivity index (χ2n) is 3.98. The molecule has 0 saturated heterocycles. The third kappa shape index (κ3) is 2.01. The van der Waals surface area contributed by atoms with Crippen molar-refractivity contribution in [2.45, 2.75) is 25.3 Å². The lowest BCUT2D eigenvalue weighted by molar-refractivity contribution is 0.828. The molecule has 3 N–H and O–H groups in total. The predicted octanol–water partition coefficient (Wildman–Crippen LogP) is 1.68. The first-order valence-electron chi connectivity index (χ1n) is 4.63. The van der Waals surface area contributed by atoms with Crippen LogP contribution in [0.25, 0.3) is 0 Å². The summed E-state index contributed by atoms with van der Waals surface area (Å²) in [4.78, 5) is 4.50. The number of nitrogens with two attached hydrogens (primary N) is 1. The van der Waals surface area contributed by atoms with E-state index in [0.717, 1.165) is 5.69 Å². The molecule has 4 heteroatoms. The first-order valence-corrected chi connectivity index (χ1v) is 5.04. The van der Waals surface area contributed by atoms with Crippen LogP contribution in [-0.4, -0.2) is 15.5 Å². The molecule has 1 aromatic rings. The van der Waals surface area contributed by atoms with Gasteiger partial charge in [0.15, 0.2) is 0 Å². The third-order valence-corrected chi connectivity index (χ3v) is 2.67. The van der Waals surface area contributed by atoms with E-state index < -0.39 is 0 Å². The van der Waals surface area contributed by atoms with Gasteiger partial charge in [0.05, 0.1) is 17.6 Å². The molecule has 2 rings (SSSR count). The Hall–Kier alpha value is -1.16. The van der Waals surface area contributed by atoms with Gasteiger partial charge in [-0.05, 0) is 31.9 Å². The average molecular weight is 207 g/mol. The Balaban J connectivity index is 2.10. The van der Waals surface area contributed by atoms with E-state index in [1.807, 2.05) is 12.1 Å². The second kappa shape index (κ2) is 3.20. The van der Waals surface area contributed by atoms with Crippen LogP contribution < -0.4 is 11.1 Å². The lowest BCUT2D eigenvalue weighted by Crippen LogP contribution is -2.17. The molecule has 0 amide bonds. The fourth-order valence-electron chi connectivity index (χ4n) is 1.27. The maximum atomic E-state index is 5.45. The maximum absolute atomic E-state index is 5.45. The van der Waals surface area contributed by atoms with Crippen molar-refractivity contribution in [3.8, 4) is 0 Å². The van der Waals surface area contributed by atoms with Crippen molar-refractivity contribution >= 4 is 22.9 Å². The molecule has 0 aliphatic heterocycles. The highest BCUT2D eigenvalue weighted by atomic mass is 32.1. The second-order valence-corrected chi connectivity index (χ2v) is 4.42. The van der Waals surface area contributed by atoms with E-state index in [9.17, 15) is 0 Å². The fourth-order valence-corrected chi connectivity index (χ4v) is 1.40. The fraction of sp³-hybridized carbons (Fsp3) is 0.400. The Kier molecular flexibility index (Phi) is 2.15. The molecule has 0 bridgehead atoms. The number of anilines is 1. The molecule has 0 aromatic carbocycles. The summed E-state index contributed by atoms with van der Waals surface area (Å²) in [7, 11) is 0. The molecule has 1 heterocycles. The van der Waals surface area contributed by atoms with Gasteiger partial charge in [0, 0.05) is 5.54 Å². The molecule has 0 radical (unpaired) electrons. The molecule has 1 saturated carbocycles.